The number of rotatable bonds is 8. The zero-order chi connectivity index (χ0) is 19.3. The van der Waals surface area contributed by atoms with E-state index in [4.69, 9.17) is 0 Å². The molecule has 2 aliphatic heterocycles. The lowest BCUT2D eigenvalue weighted by Crippen LogP contribution is -2.48. The molecule has 0 bridgehead atoms. The first-order valence-electron chi connectivity index (χ1n) is 9.77. The van der Waals surface area contributed by atoms with Gasteiger partial charge in [-0.15, -0.1) is 0 Å². The van der Waals surface area contributed by atoms with Crippen molar-refractivity contribution in [3.63, 3.8) is 0 Å². The largest absolute Gasteiger partial charge is 0.314 e. The molecule has 0 N–H and O–H groups in total. The fourth-order valence-electron chi connectivity index (χ4n) is 4.13. The van der Waals surface area contributed by atoms with Crippen LogP contribution in [0.5, 0.6) is 0 Å². The number of carbonyl (C=O) groups excluding carboxylic acids is 2. The summed E-state index contributed by atoms with van der Waals surface area (Å²) in [5.74, 6) is 0.189. The Kier molecular flexibility index (Phi) is 5.94. The van der Waals surface area contributed by atoms with Gasteiger partial charge in [-0.1, -0.05) is 61.6 Å². The zero-order valence-corrected chi connectivity index (χ0v) is 16.1. The van der Waals surface area contributed by atoms with E-state index in [2.05, 4.69) is 12.7 Å². The van der Waals surface area contributed by atoms with E-state index >= 15 is 0 Å². The molecule has 0 aromatic heterocycles. The minimum Gasteiger partial charge on any atom is -0.314 e. The van der Waals surface area contributed by atoms with Gasteiger partial charge < -0.3 is 9.80 Å². The Hall–Kier alpha value is -2.62. The molecule has 4 nitrogen and oxygen atoms in total. The number of nitrogens with zero attached hydrogens (tertiary/aromatic N) is 2. The Morgan fingerprint density at radius 2 is 1.96 bits per heavy atom. The predicted octanol–water partition coefficient (Wildman–Crippen LogP) is 4.41. The van der Waals surface area contributed by atoms with Crippen LogP contribution < -0.4 is 0 Å². The van der Waals surface area contributed by atoms with Crippen LogP contribution in [0.15, 0.2) is 61.2 Å². The second kappa shape index (κ2) is 8.38. The first-order chi connectivity index (χ1) is 13.1. The minimum absolute atomic E-state index is 0.0423. The maximum atomic E-state index is 12.9. The molecule has 1 aromatic rings. The third-order valence-electron chi connectivity index (χ3n) is 5.57. The number of hydrogen-bond donors (Lipinski definition) is 0. The maximum absolute atomic E-state index is 12.9. The summed E-state index contributed by atoms with van der Waals surface area (Å²) in [4.78, 5) is 29.3. The van der Waals surface area contributed by atoms with Crippen molar-refractivity contribution in [1.82, 2.24) is 9.80 Å². The smallest absolute Gasteiger partial charge is 0.256 e. The quantitative estimate of drug-likeness (QED) is 0.506. The van der Waals surface area contributed by atoms with E-state index in [0.717, 1.165) is 36.8 Å². The average molecular weight is 364 g/mol. The molecule has 1 saturated heterocycles. The van der Waals surface area contributed by atoms with Crippen molar-refractivity contribution < 1.29 is 9.59 Å². The van der Waals surface area contributed by atoms with Crippen LogP contribution >= 0.6 is 0 Å². The first kappa shape index (κ1) is 19.2. The van der Waals surface area contributed by atoms with E-state index in [0.29, 0.717) is 19.5 Å². The van der Waals surface area contributed by atoms with Crippen LogP contribution in [0.25, 0.3) is 0 Å². The number of carbonyl (C=O) groups is 2. The molecule has 1 atom stereocenters. The Labute approximate surface area is 161 Å². The summed E-state index contributed by atoms with van der Waals surface area (Å²) in [5, 5.41) is 0. The topological polar surface area (TPSA) is 40.6 Å². The highest BCUT2D eigenvalue weighted by molar-refractivity contribution is 6.01. The fourth-order valence-corrected chi connectivity index (χ4v) is 4.13. The van der Waals surface area contributed by atoms with Crippen molar-refractivity contribution in [1.29, 1.82) is 0 Å². The molecule has 1 unspecified atom stereocenters. The molecule has 142 valence electrons. The van der Waals surface area contributed by atoms with E-state index in [9.17, 15) is 9.59 Å². The highest BCUT2D eigenvalue weighted by Gasteiger charge is 2.54. The summed E-state index contributed by atoms with van der Waals surface area (Å²) < 4.78 is 0. The molecule has 2 heterocycles. The summed E-state index contributed by atoms with van der Waals surface area (Å²) in [5.41, 5.74) is 1.07. The van der Waals surface area contributed by atoms with Gasteiger partial charge in [0, 0.05) is 30.6 Å². The van der Waals surface area contributed by atoms with Crippen molar-refractivity contribution in [2.75, 3.05) is 13.1 Å². The van der Waals surface area contributed by atoms with Gasteiger partial charge in [0.15, 0.2) is 0 Å². The SMILES string of the molecule is C=C/C=C\C=C/CCCCCC(=O)N1CCN2C(=O)c3ccccc3C12C. The van der Waals surface area contributed by atoms with Gasteiger partial charge in [-0.2, -0.15) is 0 Å². The summed E-state index contributed by atoms with van der Waals surface area (Å²) in [6.07, 6.45) is 14.4. The first-order valence-corrected chi connectivity index (χ1v) is 9.77. The van der Waals surface area contributed by atoms with Crippen LogP contribution in [-0.4, -0.2) is 34.7 Å². The Morgan fingerprint density at radius 3 is 2.78 bits per heavy atom. The summed E-state index contributed by atoms with van der Waals surface area (Å²) in [7, 11) is 0. The van der Waals surface area contributed by atoms with Gasteiger partial charge in [0.1, 0.15) is 5.66 Å². The molecule has 4 heteroatoms. The fraction of sp³-hybridized carbons (Fsp3) is 0.391. The van der Waals surface area contributed by atoms with Gasteiger partial charge >= 0.3 is 0 Å². The van der Waals surface area contributed by atoms with E-state index < -0.39 is 5.66 Å². The van der Waals surface area contributed by atoms with Crippen molar-refractivity contribution in [3.8, 4) is 0 Å². The van der Waals surface area contributed by atoms with Crippen molar-refractivity contribution in [3.05, 3.63) is 72.4 Å². The Balaban J connectivity index is 1.53. The number of benzene rings is 1. The summed E-state index contributed by atoms with van der Waals surface area (Å²) in [6, 6.07) is 7.67. The zero-order valence-electron chi connectivity index (χ0n) is 16.1. The highest BCUT2D eigenvalue weighted by Crippen LogP contribution is 2.44. The van der Waals surface area contributed by atoms with Gasteiger partial charge in [-0.25, -0.2) is 0 Å². The second-order valence-electron chi connectivity index (χ2n) is 7.22. The number of unbranched alkanes of at least 4 members (excludes halogenated alkanes) is 3. The standard InChI is InChI=1S/C23H28N2O2/c1-3-4-5-6-7-8-9-10-11-16-21(26)24-17-18-25-22(27)19-14-12-13-15-20(19)23(24,25)2/h3-7,12-15H,1,8-11,16-18H2,2H3/b5-4-,7-6-. The van der Waals surface area contributed by atoms with E-state index in [1.54, 1.807) is 6.08 Å². The molecule has 1 aromatic carbocycles. The van der Waals surface area contributed by atoms with Crippen molar-refractivity contribution in [2.45, 2.75) is 44.7 Å². The lowest BCUT2D eigenvalue weighted by Gasteiger charge is -2.36. The van der Waals surface area contributed by atoms with Crippen LogP contribution in [-0.2, 0) is 10.5 Å². The molecular weight excluding hydrogens is 336 g/mol. The molecule has 0 spiro atoms. The minimum atomic E-state index is -0.620. The predicted molar refractivity (Wildman–Crippen MR) is 108 cm³/mol. The van der Waals surface area contributed by atoms with Gasteiger partial charge in [-0.3, -0.25) is 9.59 Å². The number of allylic oxidation sites excluding steroid dienone is 5. The third-order valence-corrected chi connectivity index (χ3v) is 5.57. The lowest BCUT2D eigenvalue weighted by molar-refractivity contribution is -0.137. The van der Waals surface area contributed by atoms with Gasteiger partial charge in [0.2, 0.25) is 5.91 Å². The normalized spacial score (nSPS) is 21.3. The van der Waals surface area contributed by atoms with E-state index in [-0.39, 0.29) is 11.8 Å². The average Bonchev–Trinajstić information content (AvgIpc) is 3.13. The Morgan fingerprint density at radius 1 is 1.15 bits per heavy atom. The van der Waals surface area contributed by atoms with Gasteiger partial charge in [0.25, 0.3) is 5.91 Å². The Bertz CT molecular complexity index is 780. The van der Waals surface area contributed by atoms with E-state index in [1.165, 1.54) is 0 Å². The van der Waals surface area contributed by atoms with Crippen LogP contribution in [0.1, 0.15) is 54.9 Å². The number of fused-ring (bicyclic) bond motifs is 3. The number of amides is 2. The molecule has 1 fully saturated rings. The van der Waals surface area contributed by atoms with Crippen LogP contribution in [0.2, 0.25) is 0 Å². The monoisotopic (exact) mass is 364 g/mol. The highest BCUT2D eigenvalue weighted by atomic mass is 16.2. The molecule has 2 aliphatic rings. The molecule has 0 radical (unpaired) electrons. The van der Waals surface area contributed by atoms with Gasteiger partial charge in [-0.05, 0) is 32.3 Å². The van der Waals surface area contributed by atoms with Crippen LogP contribution in [0.3, 0.4) is 0 Å². The molecular formula is C23H28N2O2. The van der Waals surface area contributed by atoms with Crippen LogP contribution in [0, 0.1) is 0 Å². The summed E-state index contributed by atoms with van der Waals surface area (Å²) >= 11 is 0. The maximum Gasteiger partial charge on any atom is 0.256 e. The van der Waals surface area contributed by atoms with Crippen LogP contribution in [0.4, 0.5) is 0 Å². The number of hydrogen-bond acceptors (Lipinski definition) is 2. The third kappa shape index (κ3) is 3.61. The summed E-state index contributed by atoms with van der Waals surface area (Å²) in [6.45, 7) is 6.86. The van der Waals surface area contributed by atoms with Crippen molar-refractivity contribution in [2.24, 2.45) is 0 Å². The molecule has 0 aliphatic carbocycles. The lowest BCUT2D eigenvalue weighted by atomic mass is 9.98. The van der Waals surface area contributed by atoms with E-state index in [1.807, 2.05) is 59.2 Å². The second-order valence-corrected chi connectivity index (χ2v) is 7.22. The molecule has 3 rings (SSSR count). The van der Waals surface area contributed by atoms with Gasteiger partial charge in [0.05, 0.1) is 0 Å². The molecule has 0 saturated carbocycles. The molecule has 27 heavy (non-hydrogen) atoms. The van der Waals surface area contributed by atoms with Crippen molar-refractivity contribution >= 4 is 11.8 Å². The molecule has 2 amide bonds.